The summed E-state index contributed by atoms with van der Waals surface area (Å²) in [5.41, 5.74) is 9.02. The number of halogens is 1. The summed E-state index contributed by atoms with van der Waals surface area (Å²) in [6.07, 6.45) is 1.67. The van der Waals surface area contributed by atoms with Gasteiger partial charge in [-0.1, -0.05) is 24.3 Å². The highest BCUT2D eigenvalue weighted by molar-refractivity contribution is 6.16. The molecule has 27 heavy (non-hydrogen) atoms. The van der Waals surface area contributed by atoms with Gasteiger partial charge in [0.15, 0.2) is 5.65 Å². The quantitative estimate of drug-likeness (QED) is 0.542. The van der Waals surface area contributed by atoms with Crippen LogP contribution >= 0.6 is 0 Å². The number of nitrogens with two attached hydrogens (primary N) is 1. The van der Waals surface area contributed by atoms with Crippen LogP contribution in [0.25, 0.3) is 22.2 Å². The standard InChI is InChI=1S/C20H16FN5O/c1-2-10-26-18(22)16(20(27)23-13-7-5-6-12(21)11-13)17-19(26)25-15-9-4-3-8-14(15)24-17/h2-9,11H,1,10,22H2,(H,23,27). The maximum Gasteiger partial charge on any atom is 0.261 e. The zero-order valence-corrected chi connectivity index (χ0v) is 14.3. The molecule has 0 radical (unpaired) electrons. The molecule has 0 unspecified atom stereocenters. The lowest BCUT2D eigenvalue weighted by atomic mass is 10.2. The summed E-state index contributed by atoms with van der Waals surface area (Å²) in [6.45, 7) is 4.11. The van der Waals surface area contributed by atoms with E-state index < -0.39 is 11.7 Å². The summed E-state index contributed by atoms with van der Waals surface area (Å²) in [5, 5.41) is 2.67. The number of nitrogens with one attached hydrogen (secondary N) is 1. The maximum atomic E-state index is 13.4. The van der Waals surface area contributed by atoms with Crippen LogP contribution in [0.2, 0.25) is 0 Å². The zero-order chi connectivity index (χ0) is 19.0. The molecule has 0 saturated heterocycles. The van der Waals surface area contributed by atoms with Crippen molar-refractivity contribution in [1.29, 1.82) is 0 Å². The summed E-state index contributed by atoms with van der Waals surface area (Å²) < 4.78 is 15.1. The number of benzene rings is 2. The number of nitrogen functional groups attached to an aromatic ring is 1. The van der Waals surface area contributed by atoms with Gasteiger partial charge in [-0.05, 0) is 30.3 Å². The molecule has 4 rings (SSSR count). The molecule has 1 amide bonds. The van der Waals surface area contributed by atoms with E-state index in [0.29, 0.717) is 34.4 Å². The average Bonchev–Trinajstić information content (AvgIpc) is 2.91. The zero-order valence-electron chi connectivity index (χ0n) is 14.3. The van der Waals surface area contributed by atoms with Crippen LogP contribution < -0.4 is 11.1 Å². The van der Waals surface area contributed by atoms with E-state index in [1.54, 1.807) is 16.7 Å². The minimum atomic E-state index is -0.476. The number of amides is 1. The van der Waals surface area contributed by atoms with Crippen molar-refractivity contribution in [1.82, 2.24) is 14.5 Å². The summed E-state index contributed by atoms with van der Waals surface area (Å²) in [5.74, 6) is -0.690. The monoisotopic (exact) mass is 361 g/mol. The largest absolute Gasteiger partial charge is 0.384 e. The Morgan fingerprint density at radius 2 is 1.93 bits per heavy atom. The van der Waals surface area contributed by atoms with Gasteiger partial charge in [-0.3, -0.25) is 4.79 Å². The van der Waals surface area contributed by atoms with Crippen molar-refractivity contribution in [3.05, 3.63) is 72.6 Å². The summed E-state index contributed by atoms with van der Waals surface area (Å²) in [4.78, 5) is 22.1. The van der Waals surface area contributed by atoms with E-state index in [-0.39, 0.29) is 11.4 Å². The number of anilines is 2. The first-order valence-corrected chi connectivity index (χ1v) is 8.30. The Morgan fingerprint density at radius 1 is 1.19 bits per heavy atom. The van der Waals surface area contributed by atoms with Crippen molar-refractivity contribution in [2.24, 2.45) is 0 Å². The number of carbonyl (C=O) groups is 1. The maximum absolute atomic E-state index is 13.4. The van der Waals surface area contributed by atoms with Crippen molar-refractivity contribution in [2.75, 3.05) is 11.1 Å². The van der Waals surface area contributed by atoms with Crippen molar-refractivity contribution < 1.29 is 9.18 Å². The van der Waals surface area contributed by atoms with Crippen LogP contribution in [0, 0.1) is 5.82 Å². The third kappa shape index (κ3) is 2.89. The fourth-order valence-corrected chi connectivity index (χ4v) is 3.01. The van der Waals surface area contributed by atoms with Gasteiger partial charge >= 0.3 is 0 Å². The molecule has 3 N–H and O–H groups in total. The molecule has 0 bridgehead atoms. The highest BCUT2D eigenvalue weighted by atomic mass is 19.1. The van der Waals surface area contributed by atoms with E-state index >= 15 is 0 Å². The number of rotatable bonds is 4. The molecule has 0 fully saturated rings. The van der Waals surface area contributed by atoms with Gasteiger partial charge in [-0.15, -0.1) is 6.58 Å². The molecule has 6 nitrogen and oxygen atoms in total. The predicted molar refractivity (Wildman–Crippen MR) is 104 cm³/mol. The second kappa shape index (κ2) is 6.53. The first-order chi connectivity index (χ1) is 13.1. The second-order valence-electron chi connectivity index (χ2n) is 6.01. The molecule has 0 spiro atoms. The lowest BCUT2D eigenvalue weighted by Crippen LogP contribution is -2.14. The highest BCUT2D eigenvalue weighted by Gasteiger charge is 2.23. The van der Waals surface area contributed by atoms with E-state index in [0.717, 1.165) is 0 Å². The number of fused-ring (bicyclic) bond motifs is 2. The van der Waals surface area contributed by atoms with Crippen LogP contribution in [0.3, 0.4) is 0 Å². The Hall–Kier alpha value is -3.74. The Balaban J connectivity index is 1.90. The first-order valence-electron chi connectivity index (χ1n) is 8.30. The third-order valence-corrected chi connectivity index (χ3v) is 4.21. The van der Waals surface area contributed by atoms with Gasteiger partial charge in [-0.2, -0.15) is 0 Å². The minimum absolute atomic E-state index is 0.203. The molecule has 0 saturated carbocycles. The van der Waals surface area contributed by atoms with E-state index in [4.69, 9.17) is 5.73 Å². The minimum Gasteiger partial charge on any atom is -0.384 e. The summed E-state index contributed by atoms with van der Waals surface area (Å²) in [7, 11) is 0. The molecule has 7 heteroatoms. The van der Waals surface area contributed by atoms with Crippen LogP contribution in [-0.2, 0) is 6.54 Å². The van der Waals surface area contributed by atoms with E-state index in [2.05, 4.69) is 21.9 Å². The second-order valence-corrected chi connectivity index (χ2v) is 6.01. The highest BCUT2D eigenvalue weighted by Crippen LogP contribution is 2.28. The molecule has 4 aromatic rings. The third-order valence-electron chi connectivity index (χ3n) is 4.21. The van der Waals surface area contributed by atoms with E-state index in [1.807, 2.05) is 24.3 Å². The Kier molecular flexibility index (Phi) is 4.04. The summed E-state index contributed by atoms with van der Waals surface area (Å²) in [6, 6.07) is 13.0. The number of allylic oxidation sites excluding steroid dienone is 1. The lowest BCUT2D eigenvalue weighted by molar-refractivity contribution is 0.102. The number of hydrogen-bond acceptors (Lipinski definition) is 4. The summed E-state index contributed by atoms with van der Waals surface area (Å²) >= 11 is 0. The van der Waals surface area contributed by atoms with Crippen molar-refractivity contribution in [3.8, 4) is 0 Å². The van der Waals surface area contributed by atoms with Gasteiger partial charge in [0.05, 0.1) is 11.0 Å². The number of para-hydroxylation sites is 2. The van der Waals surface area contributed by atoms with Crippen LogP contribution in [0.4, 0.5) is 15.9 Å². The number of aromatic nitrogens is 3. The number of hydrogen-bond donors (Lipinski definition) is 2. The molecule has 0 aliphatic carbocycles. The number of carbonyl (C=O) groups excluding carboxylic acids is 1. The normalized spacial score (nSPS) is 11.0. The molecule has 0 aliphatic rings. The van der Waals surface area contributed by atoms with Gasteiger partial charge in [0.1, 0.15) is 22.7 Å². The predicted octanol–water partition coefficient (Wildman–Crippen LogP) is 3.74. The topological polar surface area (TPSA) is 85.8 Å². The van der Waals surface area contributed by atoms with Crippen molar-refractivity contribution in [2.45, 2.75) is 6.54 Å². The van der Waals surface area contributed by atoms with Crippen LogP contribution in [0.15, 0.2) is 61.2 Å². The fourth-order valence-electron chi connectivity index (χ4n) is 3.01. The fraction of sp³-hybridized carbons (Fsp3) is 0.0500. The van der Waals surface area contributed by atoms with Crippen LogP contribution in [0.1, 0.15) is 10.4 Å². The first kappa shape index (κ1) is 16.7. The lowest BCUT2D eigenvalue weighted by Gasteiger charge is -2.06. The van der Waals surface area contributed by atoms with Crippen molar-refractivity contribution >= 4 is 39.6 Å². The molecule has 0 aliphatic heterocycles. The molecule has 0 atom stereocenters. The SMILES string of the molecule is C=CCn1c(N)c(C(=O)Nc2cccc(F)c2)c2nc3ccccc3nc21. The van der Waals surface area contributed by atoms with Gasteiger partial charge in [-0.25, -0.2) is 14.4 Å². The molecular weight excluding hydrogens is 345 g/mol. The van der Waals surface area contributed by atoms with Crippen LogP contribution in [0.5, 0.6) is 0 Å². The smallest absolute Gasteiger partial charge is 0.261 e. The molecule has 2 heterocycles. The average molecular weight is 361 g/mol. The molecule has 2 aromatic heterocycles. The Bertz CT molecular complexity index is 1200. The molecule has 2 aromatic carbocycles. The number of nitrogens with zero attached hydrogens (tertiary/aromatic N) is 3. The Labute approximate surface area is 154 Å². The van der Waals surface area contributed by atoms with Gasteiger partial charge < -0.3 is 15.6 Å². The molecular formula is C20H16FN5O. The van der Waals surface area contributed by atoms with Crippen LogP contribution in [-0.4, -0.2) is 20.4 Å². The van der Waals surface area contributed by atoms with Gasteiger partial charge in [0.2, 0.25) is 0 Å². The van der Waals surface area contributed by atoms with E-state index in [9.17, 15) is 9.18 Å². The Morgan fingerprint density at radius 3 is 2.63 bits per heavy atom. The molecule has 134 valence electrons. The van der Waals surface area contributed by atoms with Gasteiger partial charge in [0, 0.05) is 12.2 Å². The van der Waals surface area contributed by atoms with Gasteiger partial charge in [0.25, 0.3) is 5.91 Å². The van der Waals surface area contributed by atoms with E-state index in [1.165, 1.54) is 18.2 Å². The van der Waals surface area contributed by atoms with Crippen molar-refractivity contribution in [3.63, 3.8) is 0 Å².